The van der Waals surface area contributed by atoms with Crippen LogP contribution in [-0.2, 0) is 6.61 Å². The fraction of sp³-hybridized carbons (Fsp3) is 0.0952. The van der Waals surface area contributed by atoms with Crippen LogP contribution in [0.2, 0.25) is 0 Å². The van der Waals surface area contributed by atoms with Crippen LogP contribution >= 0.6 is 0 Å². The fourth-order valence-corrected chi connectivity index (χ4v) is 2.28. The maximum Gasteiger partial charge on any atom is 0.124 e. The monoisotopic (exact) mass is 333 g/mol. The Morgan fingerprint density at radius 2 is 1.64 bits per heavy atom. The van der Waals surface area contributed by atoms with Crippen molar-refractivity contribution in [3.05, 3.63) is 83.9 Å². The van der Waals surface area contributed by atoms with Gasteiger partial charge >= 0.3 is 0 Å². The van der Waals surface area contributed by atoms with Gasteiger partial charge in [-0.05, 0) is 48.0 Å². The third-order valence-electron chi connectivity index (χ3n) is 3.67. The third kappa shape index (κ3) is 4.61. The lowest BCUT2D eigenvalue weighted by molar-refractivity contribution is 0.306. The first kappa shape index (κ1) is 16.6. The van der Waals surface area contributed by atoms with Crippen LogP contribution in [0, 0.1) is 0 Å². The lowest BCUT2D eigenvalue weighted by atomic mass is 10.2. The predicted molar refractivity (Wildman–Crippen MR) is 99.1 cm³/mol. The number of hydrogen-bond donors (Lipinski definition) is 1. The smallest absolute Gasteiger partial charge is 0.124 e. The van der Waals surface area contributed by atoms with E-state index in [0.29, 0.717) is 17.9 Å². The number of aromatic hydroxyl groups is 1. The van der Waals surface area contributed by atoms with Crippen molar-refractivity contribution in [2.24, 2.45) is 4.99 Å². The highest BCUT2D eigenvalue weighted by molar-refractivity contribution is 5.85. The second kappa shape index (κ2) is 8.02. The van der Waals surface area contributed by atoms with E-state index in [9.17, 15) is 5.11 Å². The highest BCUT2D eigenvalue weighted by atomic mass is 16.5. The minimum Gasteiger partial charge on any atom is -0.507 e. The Labute approximate surface area is 147 Å². The maximum atomic E-state index is 9.86. The molecule has 0 aromatic heterocycles. The quantitative estimate of drug-likeness (QED) is 0.663. The van der Waals surface area contributed by atoms with E-state index in [4.69, 9.17) is 9.47 Å². The first-order valence-corrected chi connectivity index (χ1v) is 7.92. The second-order valence-corrected chi connectivity index (χ2v) is 5.45. The van der Waals surface area contributed by atoms with Gasteiger partial charge in [0, 0.05) is 11.8 Å². The normalized spacial score (nSPS) is 10.8. The molecule has 126 valence electrons. The summed E-state index contributed by atoms with van der Waals surface area (Å²) in [4.78, 5) is 4.38. The molecule has 0 bridgehead atoms. The molecule has 3 aromatic rings. The van der Waals surface area contributed by atoms with Crippen molar-refractivity contribution >= 4 is 11.9 Å². The van der Waals surface area contributed by atoms with Crippen molar-refractivity contribution in [2.75, 3.05) is 7.11 Å². The first-order valence-electron chi connectivity index (χ1n) is 7.92. The highest BCUT2D eigenvalue weighted by Crippen LogP contribution is 2.23. The molecule has 25 heavy (non-hydrogen) atoms. The van der Waals surface area contributed by atoms with Crippen molar-refractivity contribution in [1.29, 1.82) is 0 Å². The van der Waals surface area contributed by atoms with Gasteiger partial charge in [-0.1, -0.05) is 30.3 Å². The van der Waals surface area contributed by atoms with Crippen molar-refractivity contribution in [3.8, 4) is 17.2 Å². The molecule has 3 rings (SSSR count). The zero-order valence-electron chi connectivity index (χ0n) is 13.9. The van der Waals surface area contributed by atoms with Crippen molar-refractivity contribution in [3.63, 3.8) is 0 Å². The summed E-state index contributed by atoms with van der Waals surface area (Å²) in [6, 6.07) is 22.5. The van der Waals surface area contributed by atoms with Crippen LogP contribution in [0.3, 0.4) is 0 Å². The minimum atomic E-state index is 0.160. The molecule has 0 aliphatic carbocycles. The zero-order chi connectivity index (χ0) is 17.5. The van der Waals surface area contributed by atoms with E-state index < -0.39 is 0 Å². The predicted octanol–water partition coefficient (Wildman–Crippen LogP) is 4.73. The Balaban J connectivity index is 1.64. The van der Waals surface area contributed by atoms with Crippen molar-refractivity contribution in [1.82, 2.24) is 0 Å². The van der Waals surface area contributed by atoms with Gasteiger partial charge in [0.2, 0.25) is 0 Å². The van der Waals surface area contributed by atoms with Gasteiger partial charge in [0.1, 0.15) is 23.9 Å². The standard InChI is InChI=1S/C21H19NO3/c1-24-20-11-12-21(23)17(13-20)14-22-18-7-9-19(10-8-18)25-15-16-5-3-2-4-6-16/h2-14,23H,15H2,1H3. The Bertz CT molecular complexity index is 843. The molecule has 0 heterocycles. The lowest BCUT2D eigenvalue weighted by Crippen LogP contribution is -1.94. The molecule has 0 aliphatic rings. The lowest BCUT2D eigenvalue weighted by Gasteiger charge is -2.06. The summed E-state index contributed by atoms with van der Waals surface area (Å²) < 4.78 is 10.9. The molecule has 0 unspecified atom stereocenters. The Morgan fingerprint density at radius 1 is 0.920 bits per heavy atom. The van der Waals surface area contributed by atoms with Gasteiger partial charge in [-0.3, -0.25) is 4.99 Å². The van der Waals surface area contributed by atoms with Gasteiger partial charge in [0.15, 0.2) is 0 Å². The van der Waals surface area contributed by atoms with Crippen LogP contribution < -0.4 is 9.47 Å². The number of ether oxygens (including phenoxy) is 2. The molecular formula is C21H19NO3. The van der Waals surface area contributed by atoms with E-state index in [1.54, 1.807) is 31.5 Å². The largest absolute Gasteiger partial charge is 0.507 e. The average molecular weight is 333 g/mol. The van der Waals surface area contributed by atoms with Gasteiger partial charge in [0.05, 0.1) is 12.8 Å². The number of aliphatic imine (C=N–C) groups is 1. The molecule has 0 aliphatic heterocycles. The van der Waals surface area contributed by atoms with E-state index in [2.05, 4.69) is 4.99 Å². The first-order chi connectivity index (χ1) is 12.2. The Hall–Kier alpha value is -3.27. The summed E-state index contributed by atoms with van der Waals surface area (Å²) in [6.07, 6.45) is 1.61. The molecule has 0 atom stereocenters. The molecule has 0 amide bonds. The van der Waals surface area contributed by atoms with E-state index >= 15 is 0 Å². The van der Waals surface area contributed by atoms with E-state index in [1.807, 2.05) is 54.6 Å². The Kier molecular flexibility index (Phi) is 5.32. The number of hydrogen-bond acceptors (Lipinski definition) is 4. The van der Waals surface area contributed by atoms with Gasteiger partial charge in [-0.2, -0.15) is 0 Å². The van der Waals surface area contributed by atoms with Crippen LogP contribution in [0.1, 0.15) is 11.1 Å². The van der Waals surface area contributed by atoms with E-state index in [-0.39, 0.29) is 5.75 Å². The van der Waals surface area contributed by atoms with Crippen LogP contribution in [0.5, 0.6) is 17.2 Å². The van der Waals surface area contributed by atoms with Crippen LogP contribution in [0.15, 0.2) is 77.8 Å². The molecule has 4 nitrogen and oxygen atoms in total. The van der Waals surface area contributed by atoms with E-state index in [1.165, 1.54) is 0 Å². The molecule has 1 N–H and O–H groups in total. The highest BCUT2D eigenvalue weighted by Gasteiger charge is 2.01. The van der Waals surface area contributed by atoms with Gasteiger partial charge in [-0.25, -0.2) is 0 Å². The summed E-state index contributed by atoms with van der Waals surface area (Å²) in [6.45, 7) is 0.529. The number of phenolic OH excluding ortho intramolecular Hbond substituents is 1. The Morgan fingerprint density at radius 3 is 2.36 bits per heavy atom. The number of rotatable bonds is 6. The van der Waals surface area contributed by atoms with Crippen LogP contribution in [0.4, 0.5) is 5.69 Å². The van der Waals surface area contributed by atoms with Crippen molar-refractivity contribution in [2.45, 2.75) is 6.61 Å². The summed E-state index contributed by atoms with van der Waals surface area (Å²) in [5.74, 6) is 1.61. The summed E-state index contributed by atoms with van der Waals surface area (Å²) in [5, 5.41) is 9.86. The summed E-state index contributed by atoms with van der Waals surface area (Å²) in [7, 11) is 1.58. The summed E-state index contributed by atoms with van der Waals surface area (Å²) in [5.41, 5.74) is 2.50. The van der Waals surface area contributed by atoms with Crippen molar-refractivity contribution < 1.29 is 14.6 Å². The fourth-order valence-electron chi connectivity index (χ4n) is 2.28. The number of phenols is 1. The maximum absolute atomic E-state index is 9.86. The molecule has 3 aromatic carbocycles. The summed E-state index contributed by atoms with van der Waals surface area (Å²) >= 11 is 0. The molecule has 4 heteroatoms. The zero-order valence-corrected chi connectivity index (χ0v) is 13.9. The van der Waals surface area contributed by atoms with E-state index in [0.717, 1.165) is 17.0 Å². The molecule has 0 fully saturated rings. The topological polar surface area (TPSA) is 51.0 Å². The second-order valence-electron chi connectivity index (χ2n) is 5.45. The minimum absolute atomic E-state index is 0.160. The molecule has 0 saturated carbocycles. The molecule has 0 spiro atoms. The van der Waals surface area contributed by atoms with Gasteiger partial charge in [0.25, 0.3) is 0 Å². The molecule has 0 saturated heterocycles. The SMILES string of the molecule is COc1ccc(O)c(C=Nc2ccc(OCc3ccccc3)cc2)c1. The number of nitrogens with zero attached hydrogens (tertiary/aromatic N) is 1. The van der Waals surface area contributed by atoms with Crippen LogP contribution in [-0.4, -0.2) is 18.4 Å². The van der Waals surface area contributed by atoms with Gasteiger partial charge in [-0.15, -0.1) is 0 Å². The molecular weight excluding hydrogens is 314 g/mol. The number of benzene rings is 3. The molecule has 0 radical (unpaired) electrons. The average Bonchev–Trinajstić information content (AvgIpc) is 2.67. The third-order valence-corrected chi connectivity index (χ3v) is 3.67. The number of methoxy groups -OCH3 is 1. The van der Waals surface area contributed by atoms with Gasteiger partial charge < -0.3 is 14.6 Å². The van der Waals surface area contributed by atoms with Crippen LogP contribution in [0.25, 0.3) is 0 Å².